The summed E-state index contributed by atoms with van der Waals surface area (Å²) in [5.74, 6) is 0. The summed E-state index contributed by atoms with van der Waals surface area (Å²) in [5, 5.41) is 0. The SMILES string of the molecule is [O]=[Mn]([O-])[O-].[O]=[Mn]([O-])[O-].[O]=[Mn]([O-])[O-].[Ru+3].[Ru+3]. The summed E-state index contributed by atoms with van der Waals surface area (Å²) >= 11 is -10.9. The van der Waals surface area contributed by atoms with Crippen LogP contribution in [0.15, 0.2) is 0 Å². The van der Waals surface area contributed by atoms with Crippen LogP contribution in [0.1, 0.15) is 0 Å². The zero-order chi connectivity index (χ0) is 10.7. The second-order valence-electron chi connectivity index (χ2n) is 0.567. The van der Waals surface area contributed by atoms with E-state index in [1.165, 1.54) is 0 Å². The fourth-order valence-corrected chi connectivity index (χ4v) is 0. The quantitative estimate of drug-likeness (QED) is 0.285. The van der Waals surface area contributed by atoms with Gasteiger partial charge >= 0.3 is 119 Å². The molecule has 0 heterocycles. The Bertz CT molecular complexity index is 116. The van der Waals surface area contributed by atoms with Gasteiger partial charge in [-0.25, -0.2) is 0 Å². The second-order valence-corrected chi connectivity index (χ2v) is 2.34. The molecule has 9 nitrogen and oxygen atoms in total. The Balaban J connectivity index is -0.0000000270. The fraction of sp³-hybridized carbons (Fsp3) is 0. The summed E-state index contributed by atoms with van der Waals surface area (Å²) in [7, 11) is 0. The van der Waals surface area contributed by atoms with Crippen LogP contribution in [0, 0.1) is 0 Å². The van der Waals surface area contributed by atoms with E-state index >= 15 is 0 Å². The third kappa shape index (κ3) is 608. The molecular weight excluding hydrogens is 511 g/mol. The van der Waals surface area contributed by atoms with Crippen LogP contribution in [0.2, 0.25) is 0 Å². The summed E-state index contributed by atoms with van der Waals surface area (Å²) in [6.45, 7) is 0. The smallest absolute Gasteiger partial charge is 3.00 e. The van der Waals surface area contributed by atoms with E-state index in [-0.39, 0.29) is 39.0 Å². The molecule has 0 aliphatic carbocycles. The molecule has 0 saturated heterocycles. The Hall–Kier alpha value is 1.97. The molecular formula is Mn3O9Ru2. The van der Waals surface area contributed by atoms with Gasteiger partial charge in [0.2, 0.25) is 0 Å². The number of hydrogen-bond donors (Lipinski definition) is 0. The van der Waals surface area contributed by atoms with Crippen LogP contribution >= 0.6 is 0 Å². The largest absolute Gasteiger partial charge is 3.00 e. The molecule has 14 heavy (non-hydrogen) atoms. The molecule has 0 N–H and O–H groups in total. The van der Waals surface area contributed by atoms with Crippen LogP contribution in [0.3, 0.4) is 0 Å². The maximum absolute atomic E-state index is 8.52. The van der Waals surface area contributed by atoms with E-state index in [9.17, 15) is 0 Å². The summed E-state index contributed by atoms with van der Waals surface area (Å²) in [4.78, 5) is 0. The van der Waals surface area contributed by atoms with Gasteiger partial charge in [0.05, 0.1) is 0 Å². The van der Waals surface area contributed by atoms with Crippen LogP contribution in [0.5, 0.6) is 0 Å². The minimum absolute atomic E-state index is 0. The normalized spacial score (nSPS) is 7.50. The minimum atomic E-state index is -3.65. The predicted molar refractivity (Wildman–Crippen MR) is 2.06 cm³/mol. The van der Waals surface area contributed by atoms with Crippen LogP contribution in [0.4, 0.5) is 0 Å². The number of hydrogen-bond acceptors (Lipinski definition) is 9. The van der Waals surface area contributed by atoms with Crippen molar-refractivity contribution < 1.29 is 119 Å². The van der Waals surface area contributed by atoms with E-state index in [1.807, 2.05) is 0 Å². The molecule has 0 unspecified atom stereocenters. The zero-order valence-corrected chi connectivity index (χ0v) is 12.5. The van der Waals surface area contributed by atoms with Crippen molar-refractivity contribution in [1.29, 1.82) is 0 Å². The van der Waals surface area contributed by atoms with Crippen molar-refractivity contribution in [3.05, 3.63) is 0 Å². The van der Waals surface area contributed by atoms with Gasteiger partial charge in [-0.05, 0) is 0 Å². The van der Waals surface area contributed by atoms with Gasteiger partial charge in [-0.2, -0.15) is 0 Å². The van der Waals surface area contributed by atoms with Gasteiger partial charge in [0.25, 0.3) is 0 Å². The van der Waals surface area contributed by atoms with Gasteiger partial charge in [0, 0.05) is 0 Å². The molecule has 91 valence electrons. The molecule has 2 radical (unpaired) electrons. The van der Waals surface area contributed by atoms with Crippen LogP contribution in [-0.4, -0.2) is 0 Å². The van der Waals surface area contributed by atoms with Crippen molar-refractivity contribution in [2.45, 2.75) is 0 Å². The van der Waals surface area contributed by atoms with Crippen molar-refractivity contribution >= 4 is 0 Å². The first-order valence-electron chi connectivity index (χ1n) is 1.39. The van der Waals surface area contributed by atoms with E-state index in [4.69, 9.17) is 36.6 Å². The van der Waals surface area contributed by atoms with Crippen LogP contribution in [0.25, 0.3) is 0 Å². The molecule has 0 aromatic heterocycles. The van der Waals surface area contributed by atoms with Gasteiger partial charge in [-0.15, -0.1) is 0 Å². The maximum Gasteiger partial charge on any atom is 3.00 e. The Labute approximate surface area is 118 Å². The van der Waals surface area contributed by atoms with E-state index in [0.717, 1.165) is 0 Å². The predicted octanol–water partition coefficient (Wildman–Crippen LogP) is -7.50. The zero-order valence-electron chi connectivity index (χ0n) is 5.52. The van der Waals surface area contributed by atoms with Crippen molar-refractivity contribution in [3.8, 4) is 0 Å². The Kier molecular flexibility index (Phi) is 51.6. The van der Waals surface area contributed by atoms with Crippen molar-refractivity contribution in [1.82, 2.24) is 0 Å². The molecule has 0 aliphatic heterocycles. The van der Waals surface area contributed by atoms with E-state index in [1.54, 1.807) is 0 Å². The third-order valence-corrected chi connectivity index (χ3v) is 0. The minimum Gasteiger partial charge on any atom is 3.00 e. The number of rotatable bonds is 0. The summed E-state index contributed by atoms with van der Waals surface area (Å²) in [5.41, 5.74) is 0. The molecule has 0 bridgehead atoms. The topological polar surface area (TPSA) is 190 Å². The molecule has 0 amide bonds. The van der Waals surface area contributed by atoms with E-state index < -0.39 is 43.5 Å². The monoisotopic (exact) mass is 513 g/mol. The van der Waals surface area contributed by atoms with Gasteiger partial charge in [0.15, 0.2) is 0 Å². The van der Waals surface area contributed by atoms with Crippen LogP contribution < -0.4 is 25.1 Å². The van der Waals surface area contributed by atoms with Gasteiger partial charge in [-0.3, -0.25) is 0 Å². The summed E-state index contributed by atoms with van der Waals surface area (Å²) in [6, 6.07) is 0. The molecule has 0 rings (SSSR count). The average Bonchev–Trinajstić information content (AvgIpc) is 1.54. The average molecular weight is 511 g/mol. The first kappa shape index (κ1) is 29.7. The molecule has 0 spiro atoms. The molecule has 0 aromatic rings. The van der Waals surface area contributed by atoms with Gasteiger partial charge < -0.3 is 0 Å². The Morgan fingerprint density at radius 1 is 0.500 bits per heavy atom. The van der Waals surface area contributed by atoms with Gasteiger partial charge in [0.1, 0.15) is 0 Å². The molecule has 0 aliphatic rings. The molecule has 0 aromatic carbocycles. The second kappa shape index (κ2) is 24.3. The van der Waals surface area contributed by atoms with E-state index in [2.05, 4.69) is 0 Å². The van der Waals surface area contributed by atoms with Crippen LogP contribution in [-0.2, 0) is 93.9 Å². The van der Waals surface area contributed by atoms with Crippen molar-refractivity contribution in [2.24, 2.45) is 0 Å². The Morgan fingerprint density at radius 2 is 0.500 bits per heavy atom. The molecule has 0 fully saturated rings. The summed E-state index contributed by atoms with van der Waals surface area (Å²) in [6.07, 6.45) is 0. The van der Waals surface area contributed by atoms with Crippen molar-refractivity contribution in [2.75, 3.05) is 0 Å². The molecule has 0 atom stereocenters. The fourth-order valence-electron chi connectivity index (χ4n) is 0. The summed E-state index contributed by atoms with van der Waals surface area (Å²) < 4.78 is 76.7. The molecule has 0 saturated carbocycles. The Morgan fingerprint density at radius 3 is 0.500 bits per heavy atom. The third-order valence-electron chi connectivity index (χ3n) is 0. The first-order valence-corrected chi connectivity index (χ1v) is 5.73. The standard InChI is InChI=1S/3Mn.9O.2Ru/q;;;;;;6*-1;2*+3. The maximum atomic E-state index is 8.52. The van der Waals surface area contributed by atoms with E-state index in [0.29, 0.717) is 0 Å². The van der Waals surface area contributed by atoms with Gasteiger partial charge in [-0.1, -0.05) is 0 Å². The first-order chi connectivity index (χ1) is 5.20. The molecule has 14 heteroatoms. The van der Waals surface area contributed by atoms with Crippen molar-refractivity contribution in [3.63, 3.8) is 0 Å².